The Morgan fingerprint density at radius 3 is 2.79 bits per heavy atom. The summed E-state index contributed by atoms with van der Waals surface area (Å²) in [6.07, 6.45) is 0. The van der Waals surface area contributed by atoms with Crippen molar-refractivity contribution in [2.75, 3.05) is 12.5 Å². The van der Waals surface area contributed by atoms with Gasteiger partial charge in [-0.15, -0.1) is 0 Å². The van der Waals surface area contributed by atoms with Gasteiger partial charge in [-0.25, -0.2) is 13.1 Å². The van der Waals surface area contributed by atoms with Crippen molar-refractivity contribution in [2.45, 2.75) is 13.0 Å². The fourth-order valence-electron chi connectivity index (χ4n) is 1.72. The molecule has 1 heterocycles. The third-order valence-electron chi connectivity index (χ3n) is 2.57. The lowest BCUT2D eigenvalue weighted by atomic mass is 10.1. The van der Waals surface area contributed by atoms with Gasteiger partial charge in [0.25, 0.3) is 0 Å². The minimum absolute atomic E-state index is 0.137. The average molecular weight is 287 g/mol. The molecule has 8 heteroatoms. The maximum atomic E-state index is 11.5. The predicted molar refractivity (Wildman–Crippen MR) is 65.5 cm³/mol. The molecule has 7 nitrogen and oxygen atoms in total. The Morgan fingerprint density at radius 2 is 2.11 bits per heavy atom. The number of carboxylic acid groups (broad SMARTS) is 1. The van der Waals surface area contributed by atoms with E-state index in [0.717, 1.165) is 0 Å². The largest absolute Gasteiger partial charge is 0.480 e. The molecule has 19 heavy (non-hydrogen) atoms. The molecule has 0 bridgehead atoms. The first-order chi connectivity index (χ1) is 8.87. The van der Waals surface area contributed by atoms with Gasteiger partial charge in [0, 0.05) is 6.04 Å². The van der Waals surface area contributed by atoms with E-state index in [1.165, 1.54) is 0 Å². The molecule has 1 aliphatic heterocycles. The van der Waals surface area contributed by atoms with Crippen molar-refractivity contribution in [3.05, 3.63) is 23.8 Å². The molecular formula is C11H13NO6S. The van der Waals surface area contributed by atoms with Crippen LogP contribution in [0.1, 0.15) is 18.5 Å². The maximum Gasteiger partial charge on any atom is 0.320 e. The number of fused-ring (bicyclic) bond motifs is 1. The van der Waals surface area contributed by atoms with Crippen LogP contribution in [0.15, 0.2) is 18.2 Å². The zero-order chi connectivity index (χ0) is 14.0. The highest BCUT2D eigenvalue weighted by Gasteiger charge is 2.21. The van der Waals surface area contributed by atoms with E-state index in [4.69, 9.17) is 14.6 Å². The molecule has 1 aliphatic rings. The van der Waals surface area contributed by atoms with Crippen molar-refractivity contribution in [3.8, 4) is 11.5 Å². The van der Waals surface area contributed by atoms with Crippen LogP contribution in [0.25, 0.3) is 0 Å². The number of ether oxygens (including phenoxy) is 2. The van der Waals surface area contributed by atoms with Gasteiger partial charge >= 0.3 is 5.97 Å². The molecule has 0 aliphatic carbocycles. The highest BCUT2D eigenvalue weighted by molar-refractivity contribution is 7.90. The first-order valence-electron chi connectivity index (χ1n) is 5.49. The number of aliphatic carboxylic acids is 1. The molecule has 2 rings (SSSR count). The van der Waals surface area contributed by atoms with Gasteiger partial charge in [0.15, 0.2) is 17.3 Å². The van der Waals surface area contributed by atoms with Crippen LogP contribution in [0, 0.1) is 0 Å². The van der Waals surface area contributed by atoms with Crippen LogP contribution in [0.5, 0.6) is 11.5 Å². The number of carboxylic acids is 1. The number of hydrogen-bond acceptors (Lipinski definition) is 5. The molecule has 104 valence electrons. The summed E-state index contributed by atoms with van der Waals surface area (Å²) in [5.74, 6) is -1.21. The van der Waals surface area contributed by atoms with Crippen molar-refractivity contribution in [3.63, 3.8) is 0 Å². The van der Waals surface area contributed by atoms with E-state index in [0.29, 0.717) is 17.1 Å². The maximum absolute atomic E-state index is 11.5. The van der Waals surface area contributed by atoms with Crippen molar-refractivity contribution in [1.29, 1.82) is 0 Å². The predicted octanol–water partition coefficient (Wildman–Crippen LogP) is 0.480. The molecular weight excluding hydrogens is 274 g/mol. The zero-order valence-electron chi connectivity index (χ0n) is 10.1. The number of rotatable bonds is 5. The van der Waals surface area contributed by atoms with Crippen molar-refractivity contribution >= 4 is 16.0 Å². The SMILES string of the molecule is CC(NS(=O)(=O)CC(=O)O)c1ccc2c(c1)OCO2. The molecule has 1 aromatic carbocycles. The summed E-state index contributed by atoms with van der Waals surface area (Å²) in [7, 11) is -3.86. The quantitative estimate of drug-likeness (QED) is 0.816. The Labute approximate surface area is 110 Å². The topological polar surface area (TPSA) is 102 Å². The van der Waals surface area contributed by atoms with Gasteiger partial charge in [-0.1, -0.05) is 6.07 Å². The summed E-state index contributed by atoms with van der Waals surface area (Å²) in [4.78, 5) is 10.4. The first kappa shape index (κ1) is 13.6. The number of carbonyl (C=O) groups is 1. The van der Waals surface area contributed by atoms with E-state index < -0.39 is 27.8 Å². The average Bonchev–Trinajstić information content (AvgIpc) is 2.72. The Hall–Kier alpha value is -1.80. The molecule has 0 saturated carbocycles. The lowest BCUT2D eigenvalue weighted by molar-refractivity contribution is -0.134. The van der Waals surface area contributed by atoms with Gasteiger partial charge in [-0.3, -0.25) is 4.79 Å². The summed E-state index contributed by atoms with van der Waals surface area (Å²) in [6, 6.07) is 4.48. The minimum atomic E-state index is -3.86. The summed E-state index contributed by atoms with van der Waals surface area (Å²) >= 11 is 0. The second-order valence-corrected chi connectivity index (χ2v) is 5.86. The normalized spacial score (nSPS) is 15.2. The van der Waals surface area contributed by atoms with E-state index in [1.807, 2.05) is 0 Å². The lowest BCUT2D eigenvalue weighted by Crippen LogP contribution is -2.32. The highest BCUT2D eigenvalue weighted by Crippen LogP contribution is 2.34. The third-order valence-corrected chi connectivity index (χ3v) is 3.91. The van der Waals surface area contributed by atoms with Crippen LogP contribution >= 0.6 is 0 Å². The Morgan fingerprint density at radius 1 is 1.42 bits per heavy atom. The van der Waals surface area contributed by atoms with Gasteiger partial charge in [0.05, 0.1) is 0 Å². The number of hydrogen-bond donors (Lipinski definition) is 2. The molecule has 0 fully saturated rings. The molecule has 2 N–H and O–H groups in total. The number of benzene rings is 1. The van der Waals surface area contributed by atoms with Crippen molar-refractivity contribution < 1.29 is 27.8 Å². The van der Waals surface area contributed by atoms with E-state index in [9.17, 15) is 13.2 Å². The molecule has 0 amide bonds. The molecule has 1 aromatic rings. The summed E-state index contributed by atoms with van der Waals surface area (Å²) in [6.45, 7) is 1.76. The Balaban J connectivity index is 2.12. The monoisotopic (exact) mass is 287 g/mol. The van der Waals surface area contributed by atoms with Crippen molar-refractivity contribution in [2.24, 2.45) is 0 Å². The summed E-state index contributed by atoms with van der Waals surface area (Å²) in [5, 5.41) is 8.50. The number of nitrogens with one attached hydrogen (secondary N) is 1. The van der Waals surface area contributed by atoms with Gasteiger partial charge in [0.1, 0.15) is 0 Å². The molecule has 0 saturated heterocycles. The zero-order valence-corrected chi connectivity index (χ0v) is 10.9. The Kier molecular flexibility index (Phi) is 3.63. The highest BCUT2D eigenvalue weighted by atomic mass is 32.2. The van der Waals surface area contributed by atoms with Crippen LogP contribution in [-0.2, 0) is 14.8 Å². The number of sulfonamides is 1. The van der Waals surface area contributed by atoms with Gasteiger partial charge in [-0.2, -0.15) is 0 Å². The van der Waals surface area contributed by atoms with E-state index in [-0.39, 0.29) is 6.79 Å². The molecule has 0 radical (unpaired) electrons. The second-order valence-electron chi connectivity index (χ2n) is 4.11. The van der Waals surface area contributed by atoms with E-state index in [1.54, 1.807) is 25.1 Å². The van der Waals surface area contributed by atoms with E-state index >= 15 is 0 Å². The fraction of sp³-hybridized carbons (Fsp3) is 0.364. The Bertz CT molecular complexity index is 597. The van der Waals surface area contributed by atoms with E-state index in [2.05, 4.69) is 4.72 Å². The van der Waals surface area contributed by atoms with Gasteiger partial charge in [-0.05, 0) is 24.6 Å². The molecule has 1 atom stereocenters. The van der Waals surface area contributed by atoms with Crippen LogP contribution in [0.3, 0.4) is 0 Å². The minimum Gasteiger partial charge on any atom is -0.480 e. The summed E-state index contributed by atoms with van der Waals surface area (Å²) < 4.78 is 35.6. The van der Waals surface area contributed by atoms with Crippen LogP contribution < -0.4 is 14.2 Å². The van der Waals surface area contributed by atoms with Gasteiger partial charge in [0.2, 0.25) is 16.8 Å². The van der Waals surface area contributed by atoms with Crippen molar-refractivity contribution in [1.82, 2.24) is 4.72 Å². The molecule has 1 unspecified atom stereocenters. The molecule has 0 aromatic heterocycles. The second kappa shape index (κ2) is 5.06. The molecule has 0 spiro atoms. The fourth-order valence-corrected chi connectivity index (χ4v) is 2.81. The van der Waals surface area contributed by atoms with Crippen LogP contribution in [0.4, 0.5) is 0 Å². The van der Waals surface area contributed by atoms with Crippen LogP contribution in [-0.4, -0.2) is 32.0 Å². The first-order valence-corrected chi connectivity index (χ1v) is 7.14. The smallest absolute Gasteiger partial charge is 0.320 e. The third kappa shape index (κ3) is 3.36. The summed E-state index contributed by atoms with van der Waals surface area (Å²) in [5.41, 5.74) is 0.665. The van der Waals surface area contributed by atoms with Gasteiger partial charge < -0.3 is 14.6 Å². The lowest BCUT2D eigenvalue weighted by Gasteiger charge is -2.14. The standard InChI is InChI=1S/C11H13NO6S/c1-7(12-19(15,16)5-11(13)14)8-2-3-9-10(4-8)18-6-17-9/h2-4,7,12H,5-6H2,1H3,(H,13,14). The van der Waals surface area contributed by atoms with Crippen LogP contribution in [0.2, 0.25) is 0 Å².